The Morgan fingerprint density at radius 2 is 1.89 bits per heavy atom. The molecule has 5 heteroatoms. The summed E-state index contributed by atoms with van der Waals surface area (Å²) in [5, 5.41) is 9.52. The molecule has 0 saturated heterocycles. The molecule has 0 aromatic heterocycles. The number of halogens is 2. The molecule has 0 fully saturated rings. The third-order valence-corrected chi connectivity index (χ3v) is 3.76. The van der Waals surface area contributed by atoms with Crippen LogP contribution < -0.4 is 0 Å². The number of carboxylic acids is 1. The molecule has 0 unspecified atom stereocenters. The molecule has 0 aliphatic heterocycles. The Labute approximate surface area is 119 Å². The number of thioether (sulfide) groups is 1. The maximum Gasteiger partial charge on any atom is 0.335 e. The van der Waals surface area contributed by atoms with Gasteiger partial charge in [0.25, 0.3) is 0 Å². The summed E-state index contributed by atoms with van der Waals surface area (Å²) in [6, 6.07) is 11.1. The highest BCUT2D eigenvalue weighted by molar-refractivity contribution is 7.98. The molecule has 2 aromatic carbocycles. The summed E-state index contributed by atoms with van der Waals surface area (Å²) in [5.74, 6) is -1.16. The van der Waals surface area contributed by atoms with Crippen LogP contribution in [0.5, 0.6) is 0 Å². The molecule has 0 radical (unpaired) electrons. The number of rotatable bonds is 4. The summed E-state index contributed by atoms with van der Waals surface area (Å²) >= 11 is 7.27. The third-order valence-electron chi connectivity index (χ3n) is 2.42. The molecule has 2 aromatic rings. The molecule has 0 heterocycles. The van der Waals surface area contributed by atoms with Gasteiger partial charge < -0.3 is 5.11 Å². The molecule has 0 amide bonds. The molecule has 0 aliphatic carbocycles. The topological polar surface area (TPSA) is 37.3 Å². The summed E-state index contributed by atoms with van der Waals surface area (Å²) in [6.07, 6.45) is 0. The first-order valence-electron chi connectivity index (χ1n) is 5.46. The Bertz CT molecular complexity index is 599. The number of carboxylic acid groups (broad SMARTS) is 1. The standard InChI is InChI=1S/C14H10ClFO2S/c15-11-1-3-13(4-2-11)19-8-9-5-10(14(17)18)7-12(16)6-9/h1-7H,8H2,(H,17,18). The van der Waals surface area contributed by atoms with Crippen molar-refractivity contribution in [1.82, 2.24) is 0 Å². The van der Waals surface area contributed by atoms with Gasteiger partial charge in [-0.15, -0.1) is 11.8 Å². The highest BCUT2D eigenvalue weighted by Gasteiger charge is 2.07. The van der Waals surface area contributed by atoms with E-state index < -0.39 is 11.8 Å². The van der Waals surface area contributed by atoms with Crippen molar-refractivity contribution in [3.05, 3.63) is 64.4 Å². The van der Waals surface area contributed by atoms with E-state index in [4.69, 9.17) is 16.7 Å². The average Bonchev–Trinajstić information content (AvgIpc) is 2.37. The van der Waals surface area contributed by atoms with Gasteiger partial charge in [-0.3, -0.25) is 0 Å². The quantitative estimate of drug-likeness (QED) is 0.846. The van der Waals surface area contributed by atoms with E-state index in [0.717, 1.165) is 11.0 Å². The van der Waals surface area contributed by atoms with Crippen LogP contribution in [0.15, 0.2) is 47.4 Å². The lowest BCUT2D eigenvalue weighted by Crippen LogP contribution is -1.98. The molecule has 2 nitrogen and oxygen atoms in total. The van der Waals surface area contributed by atoms with Crippen molar-refractivity contribution >= 4 is 29.3 Å². The molecule has 0 spiro atoms. The molecule has 0 bridgehead atoms. The lowest BCUT2D eigenvalue weighted by molar-refractivity contribution is 0.0696. The van der Waals surface area contributed by atoms with Gasteiger partial charge in [-0.25, -0.2) is 9.18 Å². The maximum absolute atomic E-state index is 13.3. The fourth-order valence-corrected chi connectivity index (χ4v) is 2.51. The van der Waals surface area contributed by atoms with E-state index in [1.54, 1.807) is 12.1 Å². The SMILES string of the molecule is O=C(O)c1cc(F)cc(CSc2ccc(Cl)cc2)c1. The van der Waals surface area contributed by atoms with Crippen LogP contribution in [0.3, 0.4) is 0 Å². The Morgan fingerprint density at radius 3 is 2.53 bits per heavy atom. The lowest BCUT2D eigenvalue weighted by atomic mass is 10.1. The van der Waals surface area contributed by atoms with Crippen LogP contribution in [-0.2, 0) is 5.75 Å². The first-order chi connectivity index (χ1) is 9.04. The van der Waals surface area contributed by atoms with Crippen molar-refractivity contribution in [3.63, 3.8) is 0 Å². The van der Waals surface area contributed by atoms with E-state index in [-0.39, 0.29) is 5.56 Å². The highest BCUT2D eigenvalue weighted by atomic mass is 35.5. The predicted molar refractivity (Wildman–Crippen MR) is 74.4 cm³/mol. The van der Waals surface area contributed by atoms with Gasteiger partial charge in [-0.2, -0.15) is 0 Å². The second kappa shape index (κ2) is 6.08. The van der Waals surface area contributed by atoms with Crippen molar-refractivity contribution in [2.75, 3.05) is 0 Å². The van der Waals surface area contributed by atoms with Crippen LogP contribution in [0, 0.1) is 5.82 Å². The van der Waals surface area contributed by atoms with E-state index >= 15 is 0 Å². The summed E-state index contributed by atoms with van der Waals surface area (Å²) in [6.45, 7) is 0. The highest BCUT2D eigenvalue weighted by Crippen LogP contribution is 2.25. The maximum atomic E-state index is 13.3. The largest absolute Gasteiger partial charge is 0.478 e. The zero-order valence-electron chi connectivity index (χ0n) is 9.77. The zero-order chi connectivity index (χ0) is 13.8. The van der Waals surface area contributed by atoms with Gasteiger partial charge >= 0.3 is 5.97 Å². The number of hydrogen-bond donors (Lipinski definition) is 1. The number of benzene rings is 2. The van der Waals surface area contributed by atoms with Gasteiger partial charge in [0, 0.05) is 15.7 Å². The second-order valence-corrected chi connectivity index (χ2v) is 5.38. The van der Waals surface area contributed by atoms with Crippen LogP contribution in [0.25, 0.3) is 0 Å². The Morgan fingerprint density at radius 1 is 1.21 bits per heavy atom. The van der Waals surface area contributed by atoms with Crippen molar-refractivity contribution in [1.29, 1.82) is 0 Å². The second-order valence-electron chi connectivity index (χ2n) is 3.90. The molecule has 0 aliphatic rings. The van der Waals surface area contributed by atoms with Crippen LogP contribution >= 0.6 is 23.4 Å². The average molecular weight is 297 g/mol. The predicted octanol–water partition coefficient (Wildman–Crippen LogP) is 4.47. The monoisotopic (exact) mass is 296 g/mol. The van der Waals surface area contributed by atoms with Gasteiger partial charge in [0.15, 0.2) is 0 Å². The van der Waals surface area contributed by atoms with Gasteiger partial charge in [0.1, 0.15) is 5.82 Å². The van der Waals surface area contributed by atoms with Crippen molar-refractivity contribution in [3.8, 4) is 0 Å². The number of carbonyl (C=O) groups is 1. The van der Waals surface area contributed by atoms with Gasteiger partial charge in [-0.1, -0.05) is 11.6 Å². The molecule has 0 atom stereocenters. The van der Waals surface area contributed by atoms with Crippen LogP contribution in [0.1, 0.15) is 15.9 Å². The van der Waals surface area contributed by atoms with E-state index in [0.29, 0.717) is 16.3 Å². The minimum Gasteiger partial charge on any atom is -0.478 e. The van der Waals surface area contributed by atoms with Gasteiger partial charge in [0.2, 0.25) is 0 Å². The van der Waals surface area contributed by atoms with Crippen LogP contribution in [0.4, 0.5) is 4.39 Å². The van der Waals surface area contributed by atoms with Gasteiger partial charge in [-0.05, 0) is 48.0 Å². The van der Waals surface area contributed by atoms with Crippen molar-refractivity contribution in [2.45, 2.75) is 10.6 Å². The minimum atomic E-state index is -1.13. The van der Waals surface area contributed by atoms with Crippen LogP contribution in [-0.4, -0.2) is 11.1 Å². The smallest absolute Gasteiger partial charge is 0.335 e. The number of aromatic carboxylic acids is 1. The summed E-state index contributed by atoms with van der Waals surface area (Å²) < 4.78 is 13.3. The molecule has 2 rings (SSSR count). The number of hydrogen-bond acceptors (Lipinski definition) is 2. The summed E-state index contributed by atoms with van der Waals surface area (Å²) in [4.78, 5) is 11.8. The molecule has 19 heavy (non-hydrogen) atoms. The molecule has 1 N–H and O–H groups in total. The van der Waals surface area contributed by atoms with E-state index in [2.05, 4.69) is 0 Å². The normalized spacial score (nSPS) is 10.4. The van der Waals surface area contributed by atoms with E-state index in [9.17, 15) is 9.18 Å². The van der Waals surface area contributed by atoms with Crippen LogP contribution in [0.2, 0.25) is 5.02 Å². The fourth-order valence-electron chi connectivity index (χ4n) is 1.55. The molecular formula is C14H10ClFO2S. The molecular weight excluding hydrogens is 287 g/mol. The Kier molecular flexibility index (Phi) is 4.45. The Hall–Kier alpha value is -1.52. The minimum absolute atomic E-state index is 0.0355. The van der Waals surface area contributed by atoms with Crippen molar-refractivity contribution in [2.24, 2.45) is 0 Å². The van der Waals surface area contributed by atoms with E-state index in [1.807, 2.05) is 12.1 Å². The first-order valence-corrected chi connectivity index (χ1v) is 6.82. The Balaban J connectivity index is 2.11. The van der Waals surface area contributed by atoms with Gasteiger partial charge in [0.05, 0.1) is 5.56 Å². The summed E-state index contributed by atoms with van der Waals surface area (Å²) in [7, 11) is 0. The molecule has 98 valence electrons. The zero-order valence-corrected chi connectivity index (χ0v) is 11.3. The molecule has 0 saturated carbocycles. The van der Waals surface area contributed by atoms with E-state index in [1.165, 1.54) is 23.9 Å². The lowest BCUT2D eigenvalue weighted by Gasteiger charge is -2.04. The first kappa shape index (κ1) is 13.9. The fraction of sp³-hybridized carbons (Fsp3) is 0.0714. The third kappa shape index (κ3) is 3.98. The van der Waals surface area contributed by atoms with Crippen molar-refractivity contribution < 1.29 is 14.3 Å². The summed E-state index contributed by atoms with van der Waals surface area (Å²) in [5.41, 5.74) is 0.601.